The maximum Gasteiger partial charge on any atom is 0.153 e. The maximum atomic E-state index is 13.8. The summed E-state index contributed by atoms with van der Waals surface area (Å²) in [6.07, 6.45) is 0.940. The Hall–Kier alpha value is -0.610. The van der Waals surface area contributed by atoms with Crippen LogP contribution in [0.5, 0.6) is 0 Å². The molecule has 8 heteroatoms. The number of aliphatic hydroxyl groups is 3. The molecule has 0 aromatic carbocycles. The zero-order valence-corrected chi connectivity index (χ0v) is 18.8. The molecule has 1 unspecified atom stereocenters. The molecule has 0 radical (unpaired) electrons. The van der Waals surface area contributed by atoms with Gasteiger partial charge in [0.05, 0.1) is 30.4 Å². The van der Waals surface area contributed by atoms with Crippen molar-refractivity contribution in [3.8, 4) is 0 Å². The van der Waals surface area contributed by atoms with Gasteiger partial charge in [-0.05, 0) is 32.2 Å². The average Bonchev–Trinajstić information content (AvgIpc) is 3.00. The third kappa shape index (κ3) is 1.81. The van der Waals surface area contributed by atoms with Crippen LogP contribution in [0, 0.1) is 23.2 Å². The molecule has 8 nitrogen and oxygen atoms in total. The van der Waals surface area contributed by atoms with Gasteiger partial charge in [-0.25, -0.2) is 0 Å². The van der Waals surface area contributed by atoms with Crippen LogP contribution in [0.4, 0.5) is 0 Å². The summed E-state index contributed by atoms with van der Waals surface area (Å²) in [6, 6.07) is -0.723. The first kappa shape index (κ1) is 21.0. The zero-order valence-electron chi connectivity index (χ0n) is 18.8. The summed E-state index contributed by atoms with van der Waals surface area (Å²) in [6.45, 7) is 2.61. The van der Waals surface area contributed by atoms with Crippen LogP contribution in [0.2, 0.25) is 0 Å². The molecule has 174 valence electrons. The lowest BCUT2D eigenvalue weighted by Gasteiger charge is -2.68. The molecule has 1 spiro atoms. The predicted octanol–water partition coefficient (Wildman–Crippen LogP) is -0.280. The van der Waals surface area contributed by atoms with Gasteiger partial charge in [0, 0.05) is 50.9 Å². The third-order valence-electron chi connectivity index (χ3n) is 10.7. The molecule has 0 amide bonds. The normalized spacial score (nSPS) is 61.7. The standard InChI is InChI=1S/C23H35NO7/c1-5-24-13-6-7-16(30-3)22-12(17(13)25)9-20(26,19(22)24)21(27)10-14(29-2)11-8-15(22)23(21,28)18(11)31-4/h11-16,18-19,26-28H,5-10H2,1-4H3/t11-,12-,13?,14+,15+,16+,18+,19-,20-,21+,22+,23+/m1/s1. The fourth-order valence-corrected chi connectivity index (χ4v) is 10.0. The summed E-state index contributed by atoms with van der Waals surface area (Å²) in [7, 11) is 4.84. The molecule has 2 aliphatic heterocycles. The number of nitrogens with zero attached hydrogens (tertiary/aromatic N) is 1. The number of ketones is 1. The van der Waals surface area contributed by atoms with Crippen molar-refractivity contribution in [2.75, 3.05) is 27.9 Å². The Bertz CT molecular complexity index is 824. The Morgan fingerprint density at radius 2 is 1.81 bits per heavy atom. The smallest absolute Gasteiger partial charge is 0.153 e. The number of fused-ring (bicyclic) bond motifs is 4. The van der Waals surface area contributed by atoms with Crippen molar-refractivity contribution in [1.29, 1.82) is 0 Å². The SMILES string of the molecule is CCN1C2CC[C@H](OC)[C@@]34[C@H](C[C@@](O)([C@@H]13)[C@@]1(O)C[C@H](OC)[C@H]3C[C@@H]4[C@]1(O)[C@H]3OC)C2=O. The van der Waals surface area contributed by atoms with Crippen molar-refractivity contribution in [3.63, 3.8) is 0 Å². The Morgan fingerprint density at radius 1 is 1.06 bits per heavy atom. The molecule has 12 atom stereocenters. The number of rotatable bonds is 4. The number of carbonyl (C=O) groups excluding carboxylic acids is 1. The van der Waals surface area contributed by atoms with Crippen molar-refractivity contribution < 1.29 is 34.3 Å². The second-order valence-electron chi connectivity index (χ2n) is 10.9. The number of Topliss-reactive ketones (excluding diaryl/α,β-unsaturated/α-hetero) is 1. The van der Waals surface area contributed by atoms with Crippen LogP contribution in [-0.4, -0.2) is 101 Å². The highest BCUT2D eigenvalue weighted by Crippen LogP contribution is 2.78. The first-order valence-electron chi connectivity index (χ1n) is 11.8. The number of hydrogen-bond donors (Lipinski definition) is 3. The zero-order chi connectivity index (χ0) is 22.1. The van der Waals surface area contributed by atoms with E-state index in [0.717, 1.165) is 0 Å². The topological polar surface area (TPSA) is 109 Å². The third-order valence-corrected chi connectivity index (χ3v) is 10.7. The van der Waals surface area contributed by atoms with Crippen LogP contribution < -0.4 is 0 Å². The summed E-state index contributed by atoms with van der Waals surface area (Å²) in [5.74, 6) is -0.852. The fourth-order valence-electron chi connectivity index (χ4n) is 10.0. The molecule has 7 fully saturated rings. The van der Waals surface area contributed by atoms with Crippen molar-refractivity contribution in [2.45, 2.75) is 86.2 Å². The lowest BCUT2D eigenvalue weighted by atomic mass is 9.46. The molecule has 7 aliphatic rings. The van der Waals surface area contributed by atoms with Gasteiger partial charge in [-0.2, -0.15) is 0 Å². The number of ether oxygens (including phenoxy) is 3. The van der Waals surface area contributed by atoms with E-state index in [4.69, 9.17) is 14.2 Å². The van der Waals surface area contributed by atoms with Crippen molar-refractivity contribution in [2.24, 2.45) is 23.2 Å². The largest absolute Gasteiger partial charge is 0.385 e. The highest BCUT2D eigenvalue weighted by Gasteiger charge is 2.92. The molecular weight excluding hydrogens is 402 g/mol. The van der Waals surface area contributed by atoms with Gasteiger partial charge >= 0.3 is 0 Å². The minimum Gasteiger partial charge on any atom is -0.385 e. The summed E-state index contributed by atoms with van der Waals surface area (Å²) in [4.78, 5) is 15.9. The van der Waals surface area contributed by atoms with Crippen LogP contribution in [0.15, 0.2) is 0 Å². The van der Waals surface area contributed by atoms with E-state index in [2.05, 4.69) is 4.90 Å². The van der Waals surface area contributed by atoms with Crippen molar-refractivity contribution in [3.05, 3.63) is 0 Å². The quantitative estimate of drug-likeness (QED) is 0.551. The Morgan fingerprint density at radius 3 is 2.42 bits per heavy atom. The van der Waals surface area contributed by atoms with Crippen LogP contribution in [0.25, 0.3) is 0 Å². The van der Waals surface area contributed by atoms with Gasteiger partial charge in [-0.3, -0.25) is 9.69 Å². The second kappa shape index (κ2) is 6.09. The Kier molecular flexibility index (Phi) is 4.11. The van der Waals surface area contributed by atoms with E-state index in [1.54, 1.807) is 21.3 Å². The van der Waals surface area contributed by atoms with E-state index in [1.165, 1.54) is 0 Å². The molecule has 2 saturated heterocycles. The van der Waals surface area contributed by atoms with E-state index < -0.39 is 46.2 Å². The molecule has 7 rings (SSSR count). The van der Waals surface area contributed by atoms with Crippen LogP contribution in [-0.2, 0) is 19.0 Å². The lowest BCUT2D eigenvalue weighted by molar-refractivity contribution is -0.358. The highest BCUT2D eigenvalue weighted by molar-refractivity contribution is 5.90. The summed E-state index contributed by atoms with van der Waals surface area (Å²) >= 11 is 0. The highest BCUT2D eigenvalue weighted by atomic mass is 16.5. The van der Waals surface area contributed by atoms with Crippen LogP contribution in [0.3, 0.4) is 0 Å². The fraction of sp³-hybridized carbons (Fsp3) is 0.957. The first-order chi connectivity index (χ1) is 14.7. The van der Waals surface area contributed by atoms with Crippen molar-refractivity contribution >= 4 is 5.78 Å². The average molecular weight is 438 g/mol. The number of hydrogen-bond acceptors (Lipinski definition) is 8. The van der Waals surface area contributed by atoms with Crippen LogP contribution >= 0.6 is 0 Å². The molecule has 7 bridgehead atoms. The maximum absolute atomic E-state index is 13.8. The summed E-state index contributed by atoms with van der Waals surface area (Å²) in [5.41, 5.74) is -5.94. The first-order valence-corrected chi connectivity index (χ1v) is 11.8. The molecule has 31 heavy (non-hydrogen) atoms. The van der Waals surface area contributed by atoms with Crippen molar-refractivity contribution in [1.82, 2.24) is 4.90 Å². The number of likely N-dealkylation sites (N-methyl/N-ethyl adjacent to an activating group) is 1. The van der Waals surface area contributed by atoms with Gasteiger partial charge in [0.1, 0.15) is 16.8 Å². The van der Waals surface area contributed by atoms with E-state index in [9.17, 15) is 20.1 Å². The lowest BCUT2D eigenvalue weighted by Crippen LogP contribution is -2.86. The van der Waals surface area contributed by atoms with Gasteiger partial charge in [0.15, 0.2) is 5.78 Å². The Labute approximate surface area is 182 Å². The van der Waals surface area contributed by atoms with E-state index in [-0.39, 0.29) is 42.8 Å². The molecule has 5 saturated carbocycles. The molecule has 5 aliphatic carbocycles. The van der Waals surface area contributed by atoms with Crippen LogP contribution in [0.1, 0.15) is 39.0 Å². The molecule has 0 aromatic heterocycles. The Balaban J connectivity index is 1.69. The minimum atomic E-state index is -1.84. The minimum absolute atomic E-state index is 0.120. The second-order valence-corrected chi connectivity index (χ2v) is 10.9. The number of carbonyl (C=O) groups is 1. The predicted molar refractivity (Wildman–Crippen MR) is 108 cm³/mol. The number of piperidine rings is 1. The summed E-state index contributed by atoms with van der Waals surface area (Å²) in [5, 5.41) is 37.3. The molecule has 3 N–H and O–H groups in total. The molecule has 2 heterocycles. The number of methoxy groups -OCH3 is 3. The van der Waals surface area contributed by atoms with Gasteiger partial charge in [0.2, 0.25) is 0 Å². The molecule has 0 aromatic rings. The van der Waals surface area contributed by atoms with Gasteiger partial charge < -0.3 is 29.5 Å². The van der Waals surface area contributed by atoms with Gasteiger partial charge in [-0.1, -0.05) is 6.92 Å². The van der Waals surface area contributed by atoms with E-state index in [0.29, 0.717) is 25.8 Å². The summed E-state index contributed by atoms with van der Waals surface area (Å²) < 4.78 is 17.7. The van der Waals surface area contributed by atoms with Gasteiger partial charge in [-0.15, -0.1) is 0 Å². The van der Waals surface area contributed by atoms with Gasteiger partial charge in [0.25, 0.3) is 0 Å². The van der Waals surface area contributed by atoms with E-state index >= 15 is 0 Å². The van der Waals surface area contributed by atoms with E-state index in [1.807, 2.05) is 6.92 Å². The molecular formula is C23H35NO7. The monoisotopic (exact) mass is 437 g/mol.